The van der Waals surface area contributed by atoms with Crippen LogP contribution in [0.1, 0.15) is 40.2 Å². The first-order valence-corrected chi connectivity index (χ1v) is 12.3. The van der Waals surface area contributed by atoms with Gasteiger partial charge in [0.15, 0.2) is 0 Å². The second kappa shape index (κ2) is 9.16. The molecule has 32 heavy (non-hydrogen) atoms. The molecule has 1 aliphatic rings. The van der Waals surface area contributed by atoms with Crippen molar-refractivity contribution in [1.82, 2.24) is 15.1 Å². The molecule has 0 unspecified atom stereocenters. The highest BCUT2D eigenvalue weighted by atomic mass is 32.2. The normalized spacial score (nSPS) is 13.6. The number of nitrogens with zero attached hydrogens (tertiary/aromatic N) is 3. The molecule has 0 atom stereocenters. The summed E-state index contributed by atoms with van der Waals surface area (Å²) in [6, 6.07) is 15.8. The van der Waals surface area contributed by atoms with Crippen LogP contribution in [0.25, 0.3) is 0 Å². The number of amides is 1. The maximum Gasteiger partial charge on any atom is 0.264 e. The van der Waals surface area contributed by atoms with Crippen LogP contribution in [0.3, 0.4) is 0 Å². The van der Waals surface area contributed by atoms with Crippen LogP contribution >= 0.6 is 0 Å². The van der Waals surface area contributed by atoms with Crippen LogP contribution in [0.15, 0.2) is 59.5 Å². The summed E-state index contributed by atoms with van der Waals surface area (Å²) in [7, 11) is -3.68. The van der Waals surface area contributed by atoms with E-state index in [0.29, 0.717) is 18.7 Å². The van der Waals surface area contributed by atoms with Gasteiger partial charge in [-0.1, -0.05) is 18.2 Å². The predicted octanol–water partition coefficient (Wildman–Crippen LogP) is 3.46. The molecule has 1 amide bonds. The number of benzene rings is 2. The van der Waals surface area contributed by atoms with Crippen LogP contribution < -0.4 is 9.62 Å². The summed E-state index contributed by atoms with van der Waals surface area (Å²) in [6.07, 6.45) is 2.42. The Morgan fingerprint density at radius 1 is 1.09 bits per heavy atom. The van der Waals surface area contributed by atoms with Crippen molar-refractivity contribution in [3.8, 4) is 0 Å². The van der Waals surface area contributed by atoms with Crippen LogP contribution in [0, 0.1) is 13.8 Å². The van der Waals surface area contributed by atoms with Crippen LogP contribution in [-0.4, -0.2) is 37.2 Å². The van der Waals surface area contributed by atoms with Crippen LogP contribution in [0.5, 0.6) is 0 Å². The van der Waals surface area contributed by atoms with Gasteiger partial charge in [0, 0.05) is 30.9 Å². The Labute approximate surface area is 189 Å². The van der Waals surface area contributed by atoms with Crippen molar-refractivity contribution in [2.75, 3.05) is 17.4 Å². The fraction of sp³-hybridized carbons (Fsp3) is 0.333. The van der Waals surface area contributed by atoms with Gasteiger partial charge >= 0.3 is 0 Å². The molecule has 0 bridgehead atoms. The van der Waals surface area contributed by atoms with E-state index in [-0.39, 0.29) is 10.8 Å². The zero-order valence-corrected chi connectivity index (χ0v) is 19.2. The summed E-state index contributed by atoms with van der Waals surface area (Å²) in [5.41, 5.74) is 4.30. The number of hydrogen-bond acceptors (Lipinski definition) is 4. The molecular formula is C24H28N4O3S. The summed E-state index contributed by atoms with van der Waals surface area (Å²) in [5, 5.41) is 7.30. The van der Waals surface area contributed by atoms with Crippen LogP contribution in [-0.2, 0) is 23.0 Å². The van der Waals surface area contributed by atoms with E-state index >= 15 is 0 Å². The van der Waals surface area contributed by atoms with Crippen molar-refractivity contribution in [3.63, 3.8) is 0 Å². The maximum absolute atomic E-state index is 13.2. The zero-order valence-electron chi connectivity index (χ0n) is 18.4. The first-order chi connectivity index (χ1) is 15.4. The molecule has 0 radical (unpaired) electrons. The number of para-hydroxylation sites is 1. The highest BCUT2D eigenvalue weighted by molar-refractivity contribution is 7.92. The number of rotatable bonds is 7. The summed E-state index contributed by atoms with van der Waals surface area (Å²) in [4.78, 5) is 12.7. The Bertz CT molecular complexity index is 1220. The molecule has 7 nitrogen and oxygen atoms in total. The summed E-state index contributed by atoms with van der Waals surface area (Å²) in [6.45, 7) is 5.67. The molecule has 1 aliphatic heterocycles. The number of aryl methyl sites for hydroxylation is 4. The van der Waals surface area contributed by atoms with E-state index in [9.17, 15) is 13.2 Å². The monoisotopic (exact) mass is 452 g/mol. The smallest absolute Gasteiger partial charge is 0.264 e. The van der Waals surface area contributed by atoms with E-state index in [1.54, 1.807) is 12.1 Å². The second-order valence-electron chi connectivity index (χ2n) is 8.09. The lowest BCUT2D eigenvalue weighted by Gasteiger charge is -2.30. The Kier molecular flexibility index (Phi) is 6.32. The van der Waals surface area contributed by atoms with Gasteiger partial charge in [-0.15, -0.1) is 0 Å². The molecule has 168 valence electrons. The van der Waals surface area contributed by atoms with Gasteiger partial charge in [-0.05, 0) is 75.1 Å². The van der Waals surface area contributed by atoms with E-state index in [2.05, 4.69) is 10.4 Å². The lowest BCUT2D eigenvalue weighted by Crippen LogP contribution is -2.35. The van der Waals surface area contributed by atoms with Gasteiger partial charge in [-0.25, -0.2) is 8.42 Å². The average molecular weight is 453 g/mol. The molecule has 0 saturated carbocycles. The maximum atomic E-state index is 13.2. The molecule has 8 heteroatoms. The molecule has 2 heterocycles. The Balaban J connectivity index is 1.38. The number of sulfonamides is 1. The number of hydrogen-bond donors (Lipinski definition) is 1. The second-order valence-corrected chi connectivity index (χ2v) is 9.96. The molecule has 1 N–H and O–H groups in total. The average Bonchev–Trinajstić information content (AvgIpc) is 3.12. The summed E-state index contributed by atoms with van der Waals surface area (Å²) < 4.78 is 29.8. The largest absolute Gasteiger partial charge is 0.352 e. The van der Waals surface area contributed by atoms with E-state index in [4.69, 9.17) is 0 Å². The Morgan fingerprint density at radius 2 is 1.84 bits per heavy atom. The number of nitrogens with one attached hydrogen (secondary N) is 1. The van der Waals surface area contributed by atoms with Crippen LogP contribution in [0.4, 0.5) is 5.69 Å². The SMILES string of the molecule is Cc1cc(C)n(CCCNC(=O)c2ccc(S(=O)(=O)N3CCCc4ccccc43)cc2)n1. The zero-order chi connectivity index (χ0) is 22.7. The third-order valence-electron chi connectivity index (χ3n) is 5.71. The topological polar surface area (TPSA) is 84.3 Å². The molecule has 0 saturated heterocycles. The van der Waals surface area contributed by atoms with Crippen molar-refractivity contribution >= 4 is 21.6 Å². The van der Waals surface area contributed by atoms with Gasteiger partial charge in [0.1, 0.15) is 0 Å². The lowest BCUT2D eigenvalue weighted by molar-refractivity contribution is 0.0952. The molecule has 2 aromatic carbocycles. The Morgan fingerprint density at radius 3 is 2.56 bits per heavy atom. The fourth-order valence-corrected chi connectivity index (χ4v) is 5.63. The molecule has 0 spiro atoms. The number of fused-ring (bicyclic) bond motifs is 1. The summed E-state index contributed by atoms with van der Waals surface area (Å²) in [5.74, 6) is -0.217. The Hall–Kier alpha value is -3.13. The number of carbonyl (C=O) groups is 1. The van der Waals surface area contributed by atoms with Gasteiger partial charge in [0.25, 0.3) is 15.9 Å². The standard InChI is InChI=1S/C24H28N4O3S/c1-18-17-19(2)27(26-18)15-6-14-25-24(29)21-10-12-22(13-11-21)32(30,31)28-16-5-8-20-7-3-4-9-23(20)28/h3-4,7,9-13,17H,5-6,8,14-16H2,1-2H3,(H,25,29). The van der Waals surface area contributed by atoms with Gasteiger partial charge < -0.3 is 5.32 Å². The van der Waals surface area contributed by atoms with Crippen molar-refractivity contribution in [2.45, 2.75) is 44.6 Å². The molecule has 1 aromatic heterocycles. The molecule has 3 aromatic rings. The minimum atomic E-state index is -3.68. The number of anilines is 1. The van der Waals surface area contributed by atoms with Crippen molar-refractivity contribution in [2.24, 2.45) is 0 Å². The van der Waals surface area contributed by atoms with Crippen LogP contribution in [0.2, 0.25) is 0 Å². The molecular weight excluding hydrogens is 424 g/mol. The molecule has 0 fully saturated rings. The van der Waals surface area contributed by atoms with Gasteiger partial charge in [-0.2, -0.15) is 5.10 Å². The number of carbonyl (C=O) groups excluding carboxylic acids is 1. The first kappa shape index (κ1) is 22.1. The highest BCUT2D eigenvalue weighted by Gasteiger charge is 2.28. The van der Waals surface area contributed by atoms with Crippen molar-refractivity contribution in [1.29, 1.82) is 0 Å². The van der Waals surface area contributed by atoms with Gasteiger partial charge in [0.2, 0.25) is 0 Å². The first-order valence-electron chi connectivity index (χ1n) is 10.9. The van der Waals surface area contributed by atoms with Gasteiger partial charge in [0.05, 0.1) is 16.3 Å². The quantitative estimate of drug-likeness (QED) is 0.557. The fourth-order valence-electron chi connectivity index (χ4n) is 4.09. The van der Waals surface area contributed by atoms with E-state index < -0.39 is 10.0 Å². The van der Waals surface area contributed by atoms with Crippen molar-refractivity contribution in [3.05, 3.63) is 77.1 Å². The van der Waals surface area contributed by atoms with Gasteiger partial charge in [-0.3, -0.25) is 13.8 Å². The molecule has 0 aliphatic carbocycles. The third kappa shape index (κ3) is 4.55. The van der Waals surface area contributed by atoms with E-state index in [1.807, 2.05) is 48.9 Å². The summed E-state index contributed by atoms with van der Waals surface area (Å²) >= 11 is 0. The minimum Gasteiger partial charge on any atom is -0.352 e. The lowest BCUT2D eigenvalue weighted by atomic mass is 10.0. The predicted molar refractivity (Wildman–Crippen MR) is 124 cm³/mol. The van der Waals surface area contributed by atoms with E-state index in [1.165, 1.54) is 16.4 Å². The number of aromatic nitrogens is 2. The van der Waals surface area contributed by atoms with E-state index in [0.717, 1.165) is 48.4 Å². The minimum absolute atomic E-state index is 0.190. The highest BCUT2D eigenvalue weighted by Crippen LogP contribution is 2.31. The van der Waals surface area contributed by atoms with Crippen molar-refractivity contribution < 1.29 is 13.2 Å². The molecule has 4 rings (SSSR count). The third-order valence-corrected chi connectivity index (χ3v) is 7.54.